The van der Waals surface area contributed by atoms with Gasteiger partial charge in [-0.3, -0.25) is 19.1 Å². The Balaban J connectivity index is 2.01. The number of benzene rings is 1. The lowest BCUT2D eigenvalue weighted by atomic mass is 9.95. The highest BCUT2D eigenvalue weighted by atomic mass is 16.2. The van der Waals surface area contributed by atoms with Crippen LogP contribution in [0.5, 0.6) is 0 Å². The van der Waals surface area contributed by atoms with Crippen molar-refractivity contribution in [3.05, 3.63) is 29.0 Å². The van der Waals surface area contributed by atoms with Crippen molar-refractivity contribution in [1.82, 2.24) is 20.0 Å². The second-order valence-corrected chi connectivity index (χ2v) is 10.9. The maximum absolute atomic E-state index is 13.2. The zero-order valence-corrected chi connectivity index (χ0v) is 22.9. The molecule has 2 heterocycles. The van der Waals surface area contributed by atoms with Gasteiger partial charge < -0.3 is 10.2 Å². The van der Waals surface area contributed by atoms with Gasteiger partial charge in [-0.1, -0.05) is 58.4 Å². The molecule has 0 aliphatic carbocycles. The Hall–Kier alpha value is -2.70. The molecule has 0 saturated carbocycles. The molecule has 1 N–H and O–H groups in total. The number of amides is 2. The average molecular weight is 497 g/mol. The summed E-state index contributed by atoms with van der Waals surface area (Å²) in [5.74, 6) is 0.0517. The molecule has 36 heavy (non-hydrogen) atoms. The van der Waals surface area contributed by atoms with E-state index >= 15 is 0 Å². The molecule has 0 saturated heterocycles. The van der Waals surface area contributed by atoms with Crippen molar-refractivity contribution in [1.29, 1.82) is 0 Å². The predicted molar refractivity (Wildman–Crippen MR) is 144 cm³/mol. The Labute approximate surface area is 216 Å². The van der Waals surface area contributed by atoms with Gasteiger partial charge in [-0.25, -0.2) is 0 Å². The van der Waals surface area contributed by atoms with Crippen LogP contribution in [0.4, 0.5) is 0 Å². The number of carbonyl (C=O) groups is 3. The smallest absolute Gasteiger partial charge is 0.244 e. The lowest BCUT2D eigenvalue weighted by Gasteiger charge is -2.24. The number of aromatic nitrogens is 2. The topological polar surface area (TPSA) is 84.3 Å². The van der Waals surface area contributed by atoms with Gasteiger partial charge in [0, 0.05) is 25.9 Å². The molecule has 1 aliphatic heterocycles. The number of ketones is 1. The van der Waals surface area contributed by atoms with Crippen molar-refractivity contribution >= 4 is 28.5 Å². The summed E-state index contributed by atoms with van der Waals surface area (Å²) in [7, 11) is 1.66. The van der Waals surface area contributed by atoms with Crippen LogP contribution in [0.1, 0.15) is 101 Å². The molecule has 198 valence electrons. The minimum Gasteiger partial charge on any atom is -0.354 e. The standard InChI is InChI=1S/C29H44N4O3/c1-20(2)16-23-17-24-14-12-10-8-6-7-9-11-13-15-30-29(36)21(3)32(5)26(35)19-33-28(24)25(18-23)27(31-33)22(4)34/h17-18,20-21H,6-16,19H2,1-5H3,(H,30,36)/t21-/m0/s1. The first-order chi connectivity index (χ1) is 17.2. The largest absolute Gasteiger partial charge is 0.354 e. The second kappa shape index (κ2) is 13.0. The van der Waals surface area contributed by atoms with E-state index in [1.165, 1.54) is 49.5 Å². The Morgan fingerprint density at radius 2 is 1.69 bits per heavy atom. The third-order valence-corrected chi connectivity index (χ3v) is 7.27. The summed E-state index contributed by atoms with van der Waals surface area (Å²) in [4.78, 5) is 39.9. The van der Waals surface area contributed by atoms with Crippen LogP contribution in [0.3, 0.4) is 0 Å². The zero-order chi connectivity index (χ0) is 26.2. The van der Waals surface area contributed by atoms with Crippen molar-refractivity contribution in [3.8, 4) is 0 Å². The number of nitrogens with one attached hydrogen (secondary N) is 1. The van der Waals surface area contributed by atoms with E-state index in [2.05, 4.69) is 36.4 Å². The van der Waals surface area contributed by atoms with Crippen molar-refractivity contribution in [2.45, 2.75) is 104 Å². The normalized spacial score (nSPS) is 19.6. The quantitative estimate of drug-likeness (QED) is 0.601. The van der Waals surface area contributed by atoms with Crippen molar-refractivity contribution in [3.63, 3.8) is 0 Å². The predicted octanol–water partition coefficient (Wildman–Crippen LogP) is 5.08. The number of rotatable bonds is 3. The van der Waals surface area contributed by atoms with E-state index in [0.29, 0.717) is 18.2 Å². The molecule has 1 aromatic carbocycles. The maximum atomic E-state index is 13.2. The van der Waals surface area contributed by atoms with Gasteiger partial charge >= 0.3 is 0 Å². The molecule has 0 fully saturated rings. The maximum Gasteiger partial charge on any atom is 0.244 e. The summed E-state index contributed by atoms with van der Waals surface area (Å²) in [5, 5.41) is 8.44. The van der Waals surface area contributed by atoms with Gasteiger partial charge in [0.2, 0.25) is 11.8 Å². The van der Waals surface area contributed by atoms with Crippen LogP contribution in [0.25, 0.3) is 10.9 Å². The minimum absolute atomic E-state index is 0.00553. The Morgan fingerprint density at radius 3 is 2.33 bits per heavy atom. The lowest BCUT2D eigenvalue weighted by molar-refractivity contribution is -0.138. The summed E-state index contributed by atoms with van der Waals surface area (Å²) in [6.45, 7) is 8.31. The van der Waals surface area contributed by atoms with E-state index in [0.717, 1.165) is 48.6 Å². The number of hydrogen-bond acceptors (Lipinski definition) is 4. The highest BCUT2D eigenvalue weighted by molar-refractivity contribution is 6.06. The molecule has 0 bridgehead atoms. The number of hydrogen-bond donors (Lipinski definition) is 1. The first-order valence-electron chi connectivity index (χ1n) is 13.8. The first-order valence-corrected chi connectivity index (χ1v) is 13.8. The summed E-state index contributed by atoms with van der Waals surface area (Å²) in [6, 6.07) is 3.75. The van der Waals surface area contributed by atoms with Crippen LogP contribution in [-0.4, -0.2) is 51.9 Å². The second-order valence-electron chi connectivity index (χ2n) is 10.9. The number of aryl methyl sites for hydroxylation is 1. The van der Waals surface area contributed by atoms with Gasteiger partial charge in [0.15, 0.2) is 5.78 Å². The fourth-order valence-electron chi connectivity index (χ4n) is 5.12. The van der Waals surface area contributed by atoms with Gasteiger partial charge in [-0.2, -0.15) is 5.10 Å². The molecule has 0 unspecified atom stereocenters. The first kappa shape index (κ1) is 27.9. The van der Waals surface area contributed by atoms with E-state index in [9.17, 15) is 14.4 Å². The molecule has 2 aromatic rings. The number of Topliss-reactive ketones (excluding diaryl/α,β-unsaturated/α-hetero) is 1. The van der Waals surface area contributed by atoms with Crippen molar-refractivity contribution in [2.75, 3.05) is 13.6 Å². The molecule has 1 aromatic heterocycles. The third kappa shape index (κ3) is 7.17. The number of likely N-dealkylation sites (N-methyl/N-ethyl adjacent to an activating group) is 1. The fourth-order valence-corrected chi connectivity index (χ4v) is 5.12. The summed E-state index contributed by atoms with van der Waals surface area (Å²) in [5.41, 5.74) is 3.66. The highest BCUT2D eigenvalue weighted by Crippen LogP contribution is 2.28. The summed E-state index contributed by atoms with van der Waals surface area (Å²) >= 11 is 0. The molecule has 7 heteroatoms. The van der Waals surface area contributed by atoms with E-state index in [4.69, 9.17) is 0 Å². The van der Waals surface area contributed by atoms with Crippen molar-refractivity contribution in [2.24, 2.45) is 5.92 Å². The lowest BCUT2D eigenvalue weighted by Crippen LogP contribution is -2.47. The van der Waals surface area contributed by atoms with E-state index < -0.39 is 6.04 Å². The molecule has 1 aliphatic rings. The number of carbonyl (C=O) groups excluding carboxylic acids is 3. The molecule has 1 atom stereocenters. The van der Waals surface area contributed by atoms with Crippen LogP contribution in [-0.2, 0) is 29.0 Å². The Morgan fingerprint density at radius 1 is 1.06 bits per heavy atom. The molecular weight excluding hydrogens is 452 g/mol. The highest BCUT2D eigenvalue weighted by Gasteiger charge is 2.25. The summed E-state index contributed by atoms with van der Waals surface area (Å²) < 4.78 is 1.69. The molecule has 0 spiro atoms. The van der Waals surface area contributed by atoms with Crippen LogP contribution in [0, 0.1) is 5.92 Å². The molecule has 2 amide bonds. The molecular formula is C29H44N4O3. The average Bonchev–Trinajstić information content (AvgIpc) is 3.18. The summed E-state index contributed by atoms with van der Waals surface area (Å²) in [6.07, 6.45) is 11.0. The molecule has 7 nitrogen and oxygen atoms in total. The van der Waals surface area contributed by atoms with Crippen LogP contribution >= 0.6 is 0 Å². The minimum atomic E-state index is -0.578. The van der Waals surface area contributed by atoms with Gasteiger partial charge in [-0.15, -0.1) is 0 Å². The Bertz CT molecular complexity index is 1070. The van der Waals surface area contributed by atoms with Crippen LogP contribution in [0.2, 0.25) is 0 Å². The van der Waals surface area contributed by atoms with Crippen LogP contribution in [0.15, 0.2) is 12.1 Å². The molecule has 0 radical (unpaired) electrons. The van der Waals surface area contributed by atoms with E-state index in [1.807, 2.05) is 0 Å². The van der Waals surface area contributed by atoms with Gasteiger partial charge in [0.25, 0.3) is 0 Å². The van der Waals surface area contributed by atoms with Crippen LogP contribution < -0.4 is 5.32 Å². The van der Waals surface area contributed by atoms with Crippen molar-refractivity contribution < 1.29 is 14.4 Å². The SMILES string of the molecule is CC(=O)c1nn2c3c(cc(CC(C)C)cc13)CCCCCCCCCCNC(=O)[C@H](C)N(C)C(=O)C2. The van der Waals surface area contributed by atoms with Gasteiger partial charge in [0.1, 0.15) is 18.3 Å². The van der Waals surface area contributed by atoms with E-state index in [-0.39, 0.29) is 24.1 Å². The molecule has 3 rings (SSSR count). The van der Waals surface area contributed by atoms with E-state index in [1.54, 1.807) is 18.7 Å². The third-order valence-electron chi connectivity index (χ3n) is 7.27. The van der Waals surface area contributed by atoms with Gasteiger partial charge in [0.05, 0.1) is 5.52 Å². The Kier molecular flexibility index (Phi) is 10.1. The monoisotopic (exact) mass is 496 g/mol. The zero-order valence-electron chi connectivity index (χ0n) is 22.9. The fraction of sp³-hybridized carbons (Fsp3) is 0.655. The van der Waals surface area contributed by atoms with Gasteiger partial charge in [-0.05, 0) is 55.7 Å². The number of nitrogens with zero attached hydrogens (tertiary/aromatic N) is 3.